The molecule has 0 aliphatic heterocycles. The minimum Gasteiger partial charge on any atom is -0.365 e. The van der Waals surface area contributed by atoms with Gasteiger partial charge in [0.1, 0.15) is 5.00 Å². The second-order valence-corrected chi connectivity index (χ2v) is 10.7. The zero-order valence-corrected chi connectivity index (χ0v) is 17.6. The average Bonchev–Trinajstić information content (AvgIpc) is 3.34. The van der Waals surface area contributed by atoms with Crippen LogP contribution in [0.5, 0.6) is 0 Å². The number of primary amides is 1. The summed E-state index contributed by atoms with van der Waals surface area (Å²) >= 11 is 1.60. The Kier molecular flexibility index (Phi) is 4.86. The molecule has 5 heteroatoms. The topological polar surface area (TPSA) is 72.2 Å². The fourth-order valence-corrected chi connectivity index (χ4v) is 7.00. The summed E-state index contributed by atoms with van der Waals surface area (Å²) in [7, 11) is 0. The molecule has 2 saturated carbocycles. The van der Waals surface area contributed by atoms with Gasteiger partial charge in [0.2, 0.25) is 5.91 Å². The molecule has 3 aliphatic rings. The monoisotopic (exact) mass is 388 g/mol. The van der Waals surface area contributed by atoms with Gasteiger partial charge in [-0.2, -0.15) is 0 Å². The number of nitrogens with one attached hydrogen (secondary N) is 1. The average molecular weight is 389 g/mol. The highest BCUT2D eigenvalue weighted by Crippen LogP contribution is 2.49. The van der Waals surface area contributed by atoms with Crippen LogP contribution >= 0.6 is 11.3 Å². The van der Waals surface area contributed by atoms with Crippen molar-refractivity contribution in [2.24, 2.45) is 34.8 Å². The molecular formula is C22H32N2O2S. The van der Waals surface area contributed by atoms with E-state index >= 15 is 0 Å². The van der Waals surface area contributed by atoms with Crippen LogP contribution in [0.1, 0.15) is 80.1 Å². The van der Waals surface area contributed by atoms with Crippen LogP contribution in [-0.2, 0) is 17.6 Å². The number of rotatable bonds is 5. The predicted octanol–water partition coefficient (Wildman–Crippen LogP) is 4.76. The first-order valence-corrected chi connectivity index (χ1v) is 11.4. The van der Waals surface area contributed by atoms with Crippen LogP contribution < -0.4 is 11.1 Å². The molecule has 0 spiro atoms. The molecule has 1 heterocycles. The lowest BCUT2D eigenvalue weighted by molar-refractivity contribution is -0.121. The quantitative estimate of drug-likeness (QED) is 0.763. The van der Waals surface area contributed by atoms with Gasteiger partial charge in [0, 0.05) is 10.8 Å². The molecule has 3 N–H and O–H groups in total. The Hall–Kier alpha value is -1.36. The van der Waals surface area contributed by atoms with Crippen LogP contribution in [0.25, 0.3) is 0 Å². The maximum Gasteiger partial charge on any atom is 0.251 e. The Balaban J connectivity index is 1.57. The zero-order chi connectivity index (χ0) is 19.3. The van der Waals surface area contributed by atoms with E-state index in [1.165, 1.54) is 24.1 Å². The third kappa shape index (κ3) is 3.32. The molecule has 0 saturated heterocycles. The fraction of sp³-hybridized carbons (Fsp3) is 0.727. The van der Waals surface area contributed by atoms with Crippen molar-refractivity contribution in [1.29, 1.82) is 0 Å². The van der Waals surface area contributed by atoms with E-state index in [9.17, 15) is 9.59 Å². The van der Waals surface area contributed by atoms with Gasteiger partial charge in [-0.3, -0.25) is 9.59 Å². The number of thiophene rings is 1. The lowest BCUT2D eigenvalue weighted by Crippen LogP contribution is -2.29. The normalized spacial score (nSPS) is 29.6. The highest BCUT2D eigenvalue weighted by molar-refractivity contribution is 7.17. The zero-order valence-electron chi connectivity index (χ0n) is 16.8. The van der Waals surface area contributed by atoms with Gasteiger partial charge in [-0.1, -0.05) is 33.6 Å². The van der Waals surface area contributed by atoms with Crippen molar-refractivity contribution in [2.45, 2.75) is 72.1 Å². The molecule has 2 amide bonds. The van der Waals surface area contributed by atoms with E-state index in [0.717, 1.165) is 43.6 Å². The van der Waals surface area contributed by atoms with Crippen LogP contribution in [0.3, 0.4) is 0 Å². The van der Waals surface area contributed by atoms with Gasteiger partial charge in [0.15, 0.2) is 0 Å². The fourth-order valence-electron chi connectivity index (χ4n) is 5.66. The van der Waals surface area contributed by atoms with Crippen LogP contribution in [-0.4, -0.2) is 11.8 Å². The van der Waals surface area contributed by atoms with Crippen LogP contribution in [0.15, 0.2) is 0 Å². The summed E-state index contributed by atoms with van der Waals surface area (Å²) in [5, 5.41) is 3.83. The SMILES string of the molecule is CCC(C)(C)[C@H]1CCc2c(sc(NC(=O)[C@@H]3C[C@H]4CC[C@H]3C4)c2C(N)=O)C1. The smallest absolute Gasteiger partial charge is 0.251 e. The van der Waals surface area contributed by atoms with Crippen molar-refractivity contribution in [3.8, 4) is 0 Å². The van der Waals surface area contributed by atoms with Crippen molar-refractivity contribution in [1.82, 2.24) is 0 Å². The summed E-state index contributed by atoms with van der Waals surface area (Å²) in [6, 6.07) is 0. The summed E-state index contributed by atoms with van der Waals surface area (Å²) in [5.74, 6) is 1.71. The van der Waals surface area contributed by atoms with Crippen molar-refractivity contribution < 1.29 is 9.59 Å². The molecule has 0 unspecified atom stereocenters. The highest BCUT2D eigenvalue weighted by atomic mass is 32.1. The number of fused-ring (bicyclic) bond motifs is 3. The molecule has 2 fully saturated rings. The van der Waals surface area contributed by atoms with Crippen molar-refractivity contribution in [2.75, 3.05) is 5.32 Å². The third-order valence-electron chi connectivity index (χ3n) is 7.84. The molecule has 3 aliphatic carbocycles. The summed E-state index contributed by atoms with van der Waals surface area (Å²) in [6.07, 6.45) is 8.80. The minimum absolute atomic E-state index is 0.105. The molecule has 1 aromatic heterocycles. The van der Waals surface area contributed by atoms with Gasteiger partial charge >= 0.3 is 0 Å². The molecule has 4 rings (SSSR count). The molecule has 148 valence electrons. The maximum absolute atomic E-state index is 12.9. The number of carbonyl (C=O) groups is 2. The number of anilines is 1. The molecular weight excluding hydrogens is 356 g/mol. The third-order valence-corrected chi connectivity index (χ3v) is 9.01. The van der Waals surface area contributed by atoms with Gasteiger partial charge < -0.3 is 11.1 Å². The molecule has 1 aromatic rings. The second-order valence-electron chi connectivity index (χ2n) is 9.62. The van der Waals surface area contributed by atoms with E-state index < -0.39 is 5.91 Å². The van der Waals surface area contributed by atoms with E-state index in [2.05, 4.69) is 26.1 Å². The van der Waals surface area contributed by atoms with Gasteiger partial charge in [-0.15, -0.1) is 11.3 Å². The van der Waals surface area contributed by atoms with Gasteiger partial charge in [0.25, 0.3) is 5.91 Å². The first-order valence-electron chi connectivity index (χ1n) is 10.5. The Morgan fingerprint density at radius 3 is 2.59 bits per heavy atom. The Morgan fingerprint density at radius 2 is 2.00 bits per heavy atom. The van der Waals surface area contributed by atoms with Gasteiger partial charge in [0.05, 0.1) is 5.56 Å². The molecule has 4 nitrogen and oxygen atoms in total. The Labute approximate surface area is 166 Å². The first kappa shape index (κ1) is 19.0. The van der Waals surface area contributed by atoms with Crippen LogP contribution in [0, 0.1) is 29.1 Å². The molecule has 0 aromatic carbocycles. The number of carbonyl (C=O) groups excluding carboxylic acids is 2. The van der Waals surface area contributed by atoms with Crippen molar-refractivity contribution >= 4 is 28.2 Å². The maximum atomic E-state index is 12.9. The van der Waals surface area contributed by atoms with Gasteiger partial charge in [-0.25, -0.2) is 0 Å². The lowest BCUT2D eigenvalue weighted by atomic mass is 9.69. The standard InChI is InChI=1S/C22H32N2O2S/c1-4-22(2,3)14-7-8-15-17(11-14)27-21(18(15)19(23)25)24-20(26)16-10-12-5-6-13(16)9-12/h12-14,16H,4-11H2,1-3H3,(H2,23,25)(H,24,26)/t12-,13-,14-,16+/m0/s1. The van der Waals surface area contributed by atoms with Crippen molar-refractivity contribution in [3.63, 3.8) is 0 Å². The van der Waals surface area contributed by atoms with Gasteiger partial charge in [-0.05, 0) is 67.3 Å². The molecule has 27 heavy (non-hydrogen) atoms. The predicted molar refractivity (Wildman–Crippen MR) is 110 cm³/mol. The summed E-state index contributed by atoms with van der Waals surface area (Å²) in [4.78, 5) is 26.4. The van der Waals surface area contributed by atoms with Crippen molar-refractivity contribution in [3.05, 3.63) is 16.0 Å². The molecule has 2 bridgehead atoms. The number of nitrogens with two attached hydrogens (primary N) is 1. The van der Waals surface area contributed by atoms with Crippen LogP contribution in [0.2, 0.25) is 0 Å². The summed E-state index contributed by atoms with van der Waals surface area (Å²) in [5.41, 5.74) is 7.71. The van der Waals surface area contributed by atoms with E-state index in [1.54, 1.807) is 11.3 Å². The first-order chi connectivity index (χ1) is 12.8. The largest absolute Gasteiger partial charge is 0.365 e. The number of hydrogen-bond acceptors (Lipinski definition) is 3. The highest BCUT2D eigenvalue weighted by Gasteiger charge is 2.43. The van der Waals surface area contributed by atoms with E-state index in [1.807, 2.05) is 0 Å². The summed E-state index contributed by atoms with van der Waals surface area (Å²) in [6.45, 7) is 6.92. The Bertz CT molecular complexity index is 767. The second kappa shape index (κ2) is 6.91. The van der Waals surface area contributed by atoms with E-state index in [4.69, 9.17) is 5.73 Å². The Morgan fingerprint density at radius 1 is 1.22 bits per heavy atom. The summed E-state index contributed by atoms with van der Waals surface area (Å²) < 4.78 is 0. The number of hydrogen-bond donors (Lipinski definition) is 2. The molecule has 4 atom stereocenters. The van der Waals surface area contributed by atoms with E-state index in [-0.39, 0.29) is 11.8 Å². The number of amides is 2. The minimum atomic E-state index is -0.399. The lowest BCUT2D eigenvalue weighted by Gasteiger charge is -2.36. The van der Waals surface area contributed by atoms with E-state index in [0.29, 0.717) is 27.8 Å². The van der Waals surface area contributed by atoms with Crippen LogP contribution in [0.4, 0.5) is 5.00 Å². The molecule has 0 radical (unpaired) electrons.